The van der Waals surface area contributed by atoms with Crippen molar-refractivity contribution < 1.29 is 4.79 Å². The molecule has 1 amide bonds. The number of carbonyl (C=O) groups is 1. The third-order valence-electron chi connectivity index (χ3n) is 5.28. The van der Waals surface area contributed by atoms with Gasteiger partial charge in [0.05, 0.1) is 5.92 Å². The Kier molecular flexibility index (Phi) is 5.44. The van der Waals surface area contributed by atoms with Gasteiger partial charge in [0.1, 0.15) is 0 Å². The van der Waals surface area contributed by atoms with Crippen LogP contribution in [0.25, 0.3) is 0 Å². The van der Waals surface area contributed by atoms with Gasteiger partial charge in [0.15, 0.2) is 0 Å². The molecule has 4 nitrogen and oxygen atoms in total. The molecule has 0 aromatic carbocycles. The second-order valence-corrected chi connectivity index (χ2v) is 7.01. The van der Waals surface area contributed by atoms with Gasteiger partial charge in [0, 0.05) is 24.7 Å². The van der Waals surface area contributed by atoms with Crippen LogP contribution < -0.4 is 11.1 Å². The number of rotatable bonds is 5. The fourth-order valence-corrected chi connectivity index (χ4v) is 3.80. The predicted molar refractivity (Wildman–Crippen MR) is 82.4 cm³/mol. The maximum atomic E-state index is 12.3. The van der Waals surface area contributed by atoms with Crippen LogP contribution in [0.15, 0.2) is 0 Å². The van der Waals surface area contributed by atoms with Crippen LogP contribution in [0.3, 0.4) is 0 Å². The zero-order valence-corrected chi connectivity index (χ0v) is 13.2. The largest absolute Gasteiger partial charge is 0.355 e. The van der Waals surface area contributed by atoms with Crippen molar-refractivity contribution >= 4 is 5.91 Å². The predicted octanol–water partition coefficient (Wildman–Crippen LogP) is 1.88. The number of carbonyl (C=O) groups excluding carboxylic acids is 1. The summed E-state index contributed by atoms with van der Waals surface area (Å²) in [6.07, 6.45) is 9.53. The van der Waals surface area contributed by atoms with Gasteiger partial charge in [0.25, 0.3) is 0 Å². The highest BCUT2D eigenvalue weighted by Crippen LogP contribution is 2.31. The number of hydrogen-bond acceptors (Lipinski definition) is 3. The lowest BCUT2D eigenvalue weighted by atomic mass is 9.74. The van der Waals surface area contributed by atoms with E-state index in [-0.39, 0.29) is 17.4 Å². The van der Waals surface area contributed by atoms with Crippen molar-refractivity contribution in [2.75, 3.05) is 20.1 Å². The average Bonchev–Trinajstić information content (AvgIpc) is 2.91. The van der Waals surface area contributed by atoms with E-state index in [9.17, 15) is 4.79 Å². The van der Waals surface area contributed by atoms with E-state index in [4.69, 9.17) is 5.73 Å². The molecular formula is C16H31N3O. The van der Waals surface area contributed by atoms with E-state index in [1.165, 1.54) is 25.7 Å². The van der Waals surface area contributed by atoms with Crippen molar-refractivity contribution in [2.24, 2.45) is 11.7 Å². The molecule has 0 bridgehead atoms. The van der Waals surface area contributed by atoms with E-state index in [0.29, 0.717) is 0 Å². The average molecular weight is 281 g/mol. The molecule has 0 aromatic heterocycles. The lowest BCUT2D eigenvalue weighted by Gasteiger charge is -2.37. The fourth-order valence-electron chi connectivity index (χ4n) is 3.80. The van der Waals surface area contributed by atoms with Crippen molar-refractivity contribution in [1.29, 1.82) is 0 Å². The summed E-state index contributed by atoms with van der Waals surface area (Å²) >= 11 is 0. The minimum absolute atomic E-state index is 0.00645. The van der Waals surface area contributed by atoms with Crippen LogP contribution in [-0.4, -0.2) is 42.5 Å². The number of likely N-dealkylation sites (N-methyl/N-ethyl adjacent to an activating group) is 1. The van der Waals surface area contributed by atoms with E-state index in [1.54, 1.807) is 0 Å². The third-order valence-corrected chi connectivity index (χ3v) is 5.28. The quantitative estimate of drug-likeness (QED) is 0.809. The molecule has 3 N–H and O–H groups in total. The van der Waals surface area contributed by atoms with Crippen LogP contribution >= 0.6 is 0 Å². The van der Waals surface area contributed by atoms with Crippen molar-refractivity contribution in [3.63, 3.8) is 0 Å². The van der Waals surface area contributed by atoms with Crippen LogP contribution in [0.4, 0.5) is 0 Å². The van der Waals surface area contributed by atoms with Gasteiger partial charge in [-0.3, -0.25) is 4.79 Å². The molecule has 0 aromatic rings. The summed E-state index contributed by atoms with van der Waals surface area (Å²) in [6.45, 7) is 3.73. The first-order chi connectivity index (χ1) is 9.50. The molecule has 0 saturated heterocycles. The molecule has 4 heteroatoms. The summed E-state index contributed by atoms with van der Waals surface area (Å²) in [4.78, 5) is 14.7. The van der Waals surface area contributed by atoms with Crippen molar-refractivity contribution in [1.82, 2.24) is 10.2 Å². The molecule has 0 spiro atoms. The molecular weight excluding hydrogens is 250 g/mol. The van der Waals surface area contributed by atoms with E-state index >= 15 is 0 Å². The standard InChI is InChI=1S/C16H31N3O/c1-16(17)10-6-5-9-14(16)15(20)18-11-12-19(2)13-7-3-4-8-13/h13-14H,3-12,17H2,1-2H3,(H,18,20). The lowest BCUT2D eigenvalue weighted by molar-refractivity contribution is -0.128. The molecule has 2 aliphatic carbocycles. The molecule has 2 fully saturated rings. The highest BCUT2D eigenvalue weighted by molar-refractivity contribution is 5.80. The second-order valence-electron chi connectivity index (χ2n) is 7.01. The summed E-state index contributed by atoms with van der Waals surface area (Å²) in [5.41, 5.74) is 5.96. The third kappa shape index (κ3) is 3.95. The highest BCUT2D eigenvalue weighted by Gasteiger charge is 2.37. The van der Waals surface area contributed by atoms with Crippen LogP contribution in [0.1, 0.15) is 58.3 Å². The summed E-state index contributed by atoms with van der Waals surface area (Å²) in [7, 11) is 2.18. The summed E-state index contributed by atoms with van der Waals surface area (Å²) in [5, 5.41) is 3.10. The molecule has 2 aliphatic rings. The monoisotopic (exact) mass is 281 g/mol. The zero-order valence-electron chi connectivity index (χ0n) is 13.2. The van der Waals surface area contributed by atoms with Crippen LogP contribution in [-0.2, 0) is 4.79 Å². The van der Waals surface area contributed by atoms with Gasteiger partial charge in [-0.25, -0.2) is 0 Å². The molecule has 2 unspecified atom stereocenters. The van der Waals surface area contributed by atoms with Crippen LogP contribution in [0.2, 0.25) is 0 Å². The number of nitrogens with two attached hydrogens (primary N) is 1. The highest BCUT2D eigenvalue weighted by atomic mass is 16.1. The molecule has 2 rings (SSSR count). The van der Waals surface area contributed by atoms with Crippen LogP contribution in [0, 0.1) is 5.92 Å². The molecule has 0 aliphatic heterocycles. The molecule has 116 valence electrons. The Bertz CT molecular complexity index is 324. The number of amides is 1. The summed E-state index contributed by atoms with van der Waals surface area (Å²) in [5.74, 6) is 0.155. The molecule has 0 heterocycles. The van der Waals surface area contributed by atoms with Gasteiger partial charge in [-0.1, -0.05) is 25.7 Å². The van der Waals surface area contributed by atoms with Gasteiger partial charge < -0.3 is 16.0 Å². The Hall–Kier alpha value is -0.610. The number of nitrogens with one attached hydrogen (secondary N) is 1. The van der Waals surface area contributed by atoms with E-state index < -0.39 is 0 Å². The minimum atomic E-state index is -0.320. The second kappa shape index (κ2) is 6.90. The topological polar surface area (TPSA) is 58.4 Å². The van der Waals surface area contributed by atoms with Crippen molar-refractivity contribution in [3.05, 3.63) is 0 Å². The lowest BCUT2D eigenvalue weighted by Crippen LogP contribution is -2.53. The SMILES string of the molecule is CN(CCNC(=O)C1CCCCC1(C)N)C1CCCC1. The summed E-state index contributed by atoms with van der Waals surface area (Å²) in [6, 6.07) is 0.723. The number of nitrogens with zero attached hydrogens (tertiary/aromatic N) is 1. The molecule has 0 radical (unpaired) electrons. The Balaban J connectivity index is 1.71. The van der Waals surface area contributed by atoms with E-state index in [2.05, 4.69) is 17.3 Å². The van der Waals surface area contributed by atoms with Gasteiger partial charge >= 0.3 is 0 Å². The van der Waals surface area contributed by atoms with Gasteiger partial charge in [-0.2, -0.15) is 0 Å². The Morgan fingerprint density at radius 2 is 1.90 bits per heavy atom. The Morgan fingerprint density at radius 3 is 2.55 bits per heavy atom. The Morgan fingerprint density at radius 1 is 1.25 bits per heavy atom. The Labute approximate surface area is 123 Å². The maximum Gasteiger partial charge on any atom is 0.225 e. The summed E-state index contributed by atoms with van der Waals surface area (Å²) < 4.78 is 0. The maximum absolute atomic E-state index is 12.3. The minimum Gasteiger partial charge on any atom is -0.355 e. The first-order valence-electron chi connectivity index (χ1n) is 8.27. The van der Waals surface area contributed by atoms with E-state index in [1.807, 2.05) is 6.92 Å². The van der Waals surface area contributed by atoms with Crippen LogP contribution in [0.5, 0.6) is 0 Å². The molecule has 2 atom stereocenters. The smallest absolute Gasteiger partial charge is 0.225 e. The van der Waals surface area contributed by atoms with Crippen molar-refractivity contribution in [3.8, 4) is 0 Å². The van der Waals surface area contributed by atoms with Crippen molar-refractivity contribution in [2.45, 2.75) is 69.9 Å². The molecule has 20 heavy (non-hydrogen) atoms. The van der Waals surface area contributed by atoms with Gasteiger partial charge in [-0.15, -0.1) is 0 Å². The number of hydrogen-bond donors (Lipinski definition) is 2. The fraction of sp³-hybridized carbons (Fsp3) is 0.938. The van der Waals surface area contributed by atoms with Gasteiger partial charge in [-0.05, 0) is 39.7 Å². The zero-order chi connectivity index (χ0) is 14.6. The van der Waals surface area contributed by atoms with E-state index in [0.717, 1.165) is 44.8 Å². The van der Waals surface area contributed by atoms with Gasteiger partial charge in [0.2, 0.25) is 5.91 Å². The first kappa shape index (κ1) is 15.8. The normalized spacial score (nSPS) is 31.7. The molecule has 2 saturated carbocycles. The first-order valence-corrected chi connectivity index (χ1v) is 8.27.